The molecule has 0 amide bonds. The van der Waals surface area contributed by atoms with Gasteiger partial charge in [0.05, 0.1) is 5.25 Å². The molecule has 4 rings (SSSR count). The molecule has 2 fully saturated rings. The minimum absolute atomic E-state index is 0.140. The quantitative estimate of drug-likeness (QED) is 0.804. The SMILES string of the molecule is Cc1nccn1-c1cc(N2CCN(S(=O)(=O)C3CC3)CC2)ncn1. The maximum absolute atomic E-state index is 12.3. The number of sulfonamides is 1. The highest BCUT2D eigenvalue weighted by Gasteiger charge is 2.41. The van der Waals surface area contributed by atoms with Gasteiger partial charge in [-0.2, -0.15) is 4.31 Å². The minimum atomic E-state index is -3.08. The van der Waals surface area contributed by atoms with Gasteiger partial charge in [-0.1, -0.05) is 0 Å². The van der Waals surface area contributed by atoms with Crippen molar-refractivity contribution in [2.24, 2.45) is 0 Å². The molecule has 0 unspecified atom stereocenters. The first-order valence-corrected chi connectivity index (χ1v) is 9.62. The summed E-state index contributed by atoms with van der Waals surface area (Å²) in [4.78, 5) is 15.0. The molecular formula is C15H20N6O2S. The van der Waals surface area contributed by atoms with E-state index in [9.17, 15) is 8.42 Å². The molecule has 0 aromatic carbocycles. The average molecular weight is 348 g/mol. The van der Waals surface area contributed by atoms with Crippen molar-refractivity contribution in [2.45, 2.75) is 25.0 Å². The van der Waals surface area contributed by atoms with Crippen LogP contribution < -0.4 is 4.90 Å². The highest BCUT2D eigenvalue weighted by molar-refractivity contribution is 7.90. The molecule has 1 saturated heterocycles. The van der Waals surface area contributed by atoms with Gasteiger partial charge >= 0.3 is 0 Å². The largest absolute Gasteiger partial charge is 0.354 e. The van der Waals surface area contributed by atoms with Gasteiger partial charge < -0.3 is 4.90 Å². The molecule has 8 nitrogen and oxygen atoms in total. The standard InChI is InChI=1S/C15H20N6O2S/c1-12-16-4-5-21(12)15-10-14(17-11-18-15)19-6-8-20(9-7-19)24(22,23)13-2-3-13/h4-5,10-11,13H,2-3,6-9H2,1H3. The van der Waals surface area contributed by atoms with Crippen LogP contribution in [0.1, 0.15) is 18.7 Å². The van der Waals surface area contributed by atoms with Crippen molar-refractivity contribution in [1.82, 2.24) is 23.8 Å². The van der Waals surface area contributed by atoms with Crippen molar-refractivity contribution >= 4 is 15.8 Å². The number of aromatic nitrogens is 4. The Morgan fingerprint density at radius 3 is 2.38 bits per heavy atom. The molecule has 0 bridgehead atoms. The summed E-state index contributed by atoms with van der Waals surface area (Å²) < 4.78 is 28.1. The van der Waals surface area contributed by atoms with Crippen LogP contribution in [0.5, 0.6) is 0 Å². The summed E-state index contributed by atoms with van der Waals surface area (Å²) in [5.41, 5.74) is 0. The maximum Gasteiger partial charge on any atom is 0.217 e. The van der Waals surface area contributed by atoms with Crippen LogP contribution in [0.2, 0.25) is 0 Å². The number of hydrogen-bond donors (Lipinski definition) is 0. The van der Waals surface area contributed by atoms with E-state index in [4.69, 9.17) is 0 Å². The lowest BCUT2D eigenvalue weighted by Crippen LogP contribution is -2.49. The predicted octanol–water partition coefficient (Wildman–Crippen LogP) is 0.585. The predicted molar refractivity (Wildman–Crippen MR) is 89.6 cm³/mol. The first-order chi connectivity index (χ1) is 11.6. The Balaban J connectivity index is 1.49. The molecule has 1 aliphatic carbocycles. The van der Waals surface area contributed by atoms with Crippen LogP contribution in [-0.2, 0) is 10.0 Å². The Bertz CT molecular complexity index is 837. The second-order valence-corrected chi connectivity index (χ2v) is 8.42. The lowest BCUT2D eigenvalue weighted by Gasteiger charge is -2.34. The third-order valence-corrected chi connectivity index (χ3v) is 6.98. The molecule has 1 aliphatic heterocycles. The molecule has 0 radical (unpaired) electrons. The molecule has 24 heavy (non-hydrogen) atoms. The lowest BCUT2D eigenvalue weighted by molar-refractivity contribution is 0.383. The van der Waals surface area contributed by atoms with E-state index in [0.29, 0.717) is 26.2 Å². The van der Waals surface area contributed by atoms with Gasteiger partial charge in [0, 0.05) is 44.6 Å². The first kappa shape index (κ1) is 15.5. The van der Waals surface area contributed by atoms with Gasteiger partial charge in [-0.3, -0.25) is 4.57 Å². The van der Waals surface area contributed by atoms with Gasteiger partial charge in [0.25, 0.3) is 0 Å². The fraction of sp³-hybridized carbons (Fsp3) is 0.533. The summed E-state index contributed by atoms with van der Waals surface area (Å²) in [5, 5.41) is -0.140. The second kappa shape index (κ2) is 5.82. The highest BCUT2D eigenvalue weighted by Crippen LogP contribution is 2.31. The first-order valence-electron chi connectivity index (χ1n) is 8.12. The molecule has 3 heterocycles. The fourth-order valence-corrected chi connectivity index (χ4v) is 4.84. The van der Waals surface area contributed by atoms with Gasteiger partial charge in [-0.15, -0.1) is 0 Å². The molecule has 0 N–H and O–H groups in total. The van der Waals surface area contributed by atoms with Gasteiger partial charge in [0.2, 0.25) is 10.0 Å². The Labute approximate surface area is 141 Å². The van der Waals surface area contributed by atoms with E-state index in [1.165, 1.54) is 6.33 Å². The Morgan fingerprint density at radius 2 is 1.75 bits per heavy atom. The summed E-state index contributed by atoms with van der Waals surface area (Å²) in [6, 6.07) is 1.92. The maximum atomic E-state index is 12.3. The number of imidazole rings is 1. The van der Waals surface area contributed by atoms with Crippen LogP contribution in [-0.4, -0.2) is 63.7 Å². The number of anilines is 1. The van der Waals surface area contributed by atoms with Crippen LogP contribution in [0.3, 0.4) is 0 Å². The van der Waals surface area contributed by atoms with Gasteiger partial charge in [-0.05, 0) is 19.8 Å². The van der Waals surface area contributed by atoms with Crippen LogP contribution in [0.25, 0.3) is 5.82 Å². The third-order valence-electron chi connectivity index (χ3n) is 4.58. The van der Waals surface area contributed by atoms with Crippen LogP contribution >= 0.6 is 0 Å². The van der Waals surface area contributed by atoms with Crippen molar-refractivity contribution in [3.05, 3.63) is 30.6 Å². The van der Waals surface area contributed by atoms with Crippen LogP contribution in [0.15, 0.2) is 24.8 Å². The van der Waals surface area contributed by atoms with Crippen LogP contribution in [0, 0.1) is 6.92 Å². The second-order valence-electron chi connectivity index (χ2n) is 6.21. The lowest BCUT2D eigenvalue weighted by atomic mass is 10.3. The topological polar surface area (TPSA) is 84.2 Å². The van der Waals surface area contributed by atoms with E-state index in [1.54, 1.807) is 10.5 Å². The monoisotopic (exact) mass is 348 g/mol. The number of nitrogens with zero attached hydrogens (tertiary/aromatic N) is 6. The molecule has 128 valence electrons. The third kappa shape index (κ3) is 2.78. The van der Waals surface area contributed by atoms with Crippen molar-refractivity contribution in [3.8, 4) is 5.82 Å². The Morgan fingerprint density at radius 1 is 1.04 bits per heavy atom. The molecule has 2 aromatic rings. The average Bonchev–Trinajstić information content (AvgIpc) is 3.38. The van der Waals surface area contributed by atoms with E-state index in [-0.39, 0.29) is 5.25 Å². The Kier molecular flexibility index (Phi) is 3.76. The van der Waals surface area contributed by atoms with Crippen molar-refractivity contribution < 1.29 is 8.42 Å². The Hall–Kier alpha value is -2.00. The van der Waals surface area contributed by atoms with Gasteiger partial charge in [0.1, 0.15) is 23.8 Å². The zero-order valence-corrected chi connectivity index (χ0v) is 14.4. The molecule has 2 aliphatic rings. The molecular weight excluding hydrogens is 328 g/mol. The summed E-state index contributed by atoms with van der Waals surface area (Å²) >= 11 is 0. The summed E-state index contributed by atoms with van der Waals surface area (Å²) in [6.45, 7) is 4.24. The van der Waals surface area contributed by atoms with Gasteiger partial charge in [0.15, 0.2) is 0 Å². The summed E-state index contributed by atoms with van der Waals surface area (Å²) in [7, 11) is -3.08. The van der Waals surface area contributed by atoms with E-state index < -0.39 is 10.0 Å². The number of piperazine rings is 1. The molecule has 2 aromatic heterocycles. The van der Waals surface area contributed by atoms with E-state index in [0.717, 1.165) is 30.3 Å². The number of hydrogen-bond acceptors (Lipinski definition) is 6. The number of rotatable bonds is 4. The fourth-order valence-electron chi connectivity index (χ4n) is 3.01. The van der Waals surface area contributed by atoms with Crippen molar-refractivity contribution in [2.75, 3.05) is 31.1 Å². The minimum Gasteiger partial charge on any atom is -0.354 e. The van der Waals surface area contributed by atoms with Crippen molar-refractivity contribution in [1.29, 1.82) is 0 Å². The van der Waals surface area contributed by atoms with E-state index in [2.05, 4.69) is 19.9 Å². The molecule has 0 atom stereocenters. The van der Waals surface area contributed by atoms with Gasteiger partial charge in [-0.25, -0.2) is 23.4 Å². The molecule has 0 spiro atoms. The summed E-state index contributed by atoms with van der Waals surface area (Å²) in [5.74, 6) is 2.44. The smallest absolute Gasteiger partial charge is 0.217 e. The van der Waals surface area contributed by atoms with Crippen LogP contribution in [0.4, 0.5) is 5.82 Å². The van der Waals surface area contributed by atoms with Crippen molar-refractivity contribution in [3.63, 3.8) is 0 Å². The summed E-state index contributed by atoms with van der Waals surface area (Å²) in [6.07, 6.45) is 6.75. The zero-order chi connectivity index (χ0) is 16.7. The van der Waals surface area contributed by atoms with E-state index >= 15 is 0 Å². The van der Waals surface area contributed by atoms with E-state index in [1.807, 2.05) is 23.8 Å². The molecule has 1 saturated carbocycles. The number of aryl methyl sites for hydroxylation is 1. The highest BCUT2D eigenvalue weighted by atomic mass is 32.2. The zero-order valence-electron chi connectivity index (χ0n) is 13.5. The normalized spacial score (nSPS) is 19.6. The molecule has 9 heteroatoms.